The van der Waals surface area contributed by atoms with Crippen LogP contribution in [0.4, 0.5) is 0 Å². The zero-order valence-electron chi connectivity index (χ0n) is 14.6. The summed E-state index contributed by atoms with van der Waals surface area (Å²) >= 11 is 0. The number of amides is 2. The van der Waals surface area contributed by atoms with Gasteiger partial charge in [-0.3, -0.25) is 9.59 Å². The molecule has 0 heterocycles. The minimum atomic E-state index is -0.188. The number of primary amides is 1. The minimum absolute atomic E-state index is 0.0264. The van der Waals surface area contributed by atoms with Gasteiger partial charge in [0.1, 0.15) is 0 Å². The molecule has 0 aromatic rings. The van der Waals surface area contributed by atoms with Gasteiger partial charge in [-0.15, -0.1) is 0 Å². The van der Waals surface area contributed by atoms with Gasteiger partial charge in [0.05, 0.1) is 6.04 Å². The lowest BCUT2D eigenvalue weighted by Crippen LogP contribution is -2.43. The zero-order chi connectivity index (χ0) is 17.2. The first-order valence-electron chi connectivity index (χ1n) is 8.99. The van der Waals surface area contributed by atoms with Crippen LogP contribution < -0.4 is 22.1 Å². The summed E-state index contributed by atoms with van der Waals surface area (Å²) < 4.78 is 0. The van der Waals surface area contributed by atoms with Crippen molar-refractivity contribution in [2.75, 3.05) is 20.1 Å². The lowest BCUT2D eigenvalue weighted by molar-refractivity contribution is -0.123. The van der Waals surface area contributed by atoms with Gasteiger partial charge in [0.25, 0.3) is 0 Å². The van der Waals surface area contributed by atoms with Crippen molar-refractivity contribution in [1.82, 2.24) is 10.6 Å². The molecule has 0 aromatic carbocycles. The summed E-state index contributed by atoms with van der Waals surface area (Å²) in [5, 5.41) is 6.08. The molecule has 6 nitrogen and oxygen atoms in total. The van der Waals surface area contributed by atoms with E-state index < -0.39 is 0 Å². The van der Waals surface area contributed by atoms with E-state index in [0.717, 1.165) is 44.9 Å². The molecule has 134 valence electrons. The highest BCUT2D eigenvalue weighted by Crippen LogP contribution is 2.45. The number of carbonyl (C=O) groups is 2. The molecule has 1 saturated carbocycles. The average molecular weight is 326 g/mol. The lowest BCUT2D eigenvalue weighted by atomic mass is 9.95. The van der Waals surface area contributed by atoms with E-state index in [9.17, 15) is 9.59 Å². The van der Waals surface area contributed by atoms with Gasteiger partial charge in [0.2, 0.25) is 11.8 Å². The molecular weight excluding hydrogens is 292 g/mol. The Balaban J connectivity index is 2.32. The van der Waals surface area contributed by atoms with Crippen molar-refractivity contribution in [3.05, 3.63) is 0 Å². The summed E-state index contributed by atoms with van der Waals surface area (Å²) in [4.78, 5) is 23.8. The largest absolute Gasteiger partial charge is 0.369 e. The molecule has 0 aromatic heterocycles. The van der Waals surface area contributed by atoms with Crippen molar-refractivity contribution in [3.63, 3.8) is 0 Å². The Morgan fingerprint density at radius 2 is 1.96 bits per heavy atom. The van der Waals surface area contributed by atoms with Crippen LogP contribution in [0.2, 0.25) is 0 Å². The third-order valence-corrected chi connectivity index (χ3v) is 4.88. The molecule has 6 heteroatoms. The minimum Gasteiger partial charge on any atom is -0.369 e. The van der Waals surface area contributed by atoms with Crippen LogP contribution in [0.1, 0.15) is 51.9 Å². The molecule has 6 N–H and O–H groups in total. The predicted molar refractivity (Wildman–Crippen MR) is 92.6 cm³/mol. The van der Waals surface area contributed by atoms with E-state index in [2.05, 4.69) is 17.6 Å². The van der Waals surface area contributed by atoms with Gasteiger partial charge in [-0.2, -0.15) is 0 Å². The Morgan fingerprint density at radius 3 is 2.52 bits per heavy atom. The normalized spacial score (nSPS) is 22.4. The Hall–Kier alpha value is -1.14. The van der Waals surface area contributed by atoms with Crippen LogP contribution in [0, 0.1) is 17.8 Å². The van der Waals surface area contributed by atoms with Gasteiger partial charge >= 0.3 is 0 Å². The molecule has 0 saturated heterocycles. The second kappa shape index (κ2) is 10.6. The number of rotatable bonds is 13. The van der Waals surface area contributed by atoms with Gasteiger partial charge in [0.15, 0.2) is 0 Å². The highest BCUT2D eigenvalue weighted by atomic mass is 16.2. The maximum atomic E-state index is 12.2. The molecular formula is C17H34N4O2. The first kappa shape index (κ1) is 19.9. The molecule has 0 radical (unpaired) electrons. The number of unbranched alkanes of at least 4 members (excludes halogenated alkanes) is 2. The highest BCUT2D eigenvalue weighted by Gasteiger charge is 2.44. The van der Waals surface area contributed by atoms with Crippen LogP contribution in [0.3, 0.4) is 0 Å². The van der Waals surface area contributed by atoms with E-state index >= 15 is 0 Å². The SMILES string of the molecule is CCCC[C@@H](C(N)=O)[C@H]1CC1CNC(=O)[C@H](CCCCN)NC. The molecule has 1 fully saturated rings. The fourth-order valence-electron chi connectivity index (χ4n) is 3.24. The lowest BCUT2D eigenvalue weighted by Gasteiger charge is -2.16. The maximum Gasteiger partial charge on any atom is 0.237 e. The van der Waals surface area contributed by atoms with E-state index in [4.69, 9.17) is 11.5 Å². The summed E-state index contributed by atoms with van der Waals surface area (Å²) in [6.07, 6.45) is 6.66. The number of hydrogen-bond donors (Lipinski definition) is 4. The van der Waals surface area contributed by atoms with Crippen LogP contribution in [0.5, 0.6) is 0 Å². The number of nitrogens with one attached hydrogen (secondary N) is 2. The first-order chi connectivity index (χ1) is 11.0. The number of hydrogen-bond acceptors (Lipinski definition) is 4. The number of likely N-dealkylation sites (N-methyl/N-ethyl adjacent to an activating group) is 1. The third-order valence-electron chi connectivity index (χ3n) is 4.88. The van der Waals surface area contributed by atoms with Gasteiger partial charge in [-0.05, 0) is 51.1 Å². The summed E-state index contributed by atoms with van der Waals surface area (Å²) in [5.41, 5.74) is 11.0. The summed E-state index contributed by atoms with van der Waals surface area (Å²) in [5.74, 6) is 0.576. The molecule has 0 spiro atoms. The van der Waals surface area contributed by atoms with E-state index in [1.54, 1.807) is 7.05 Å². The average Bonchev–Trinajstić information content (AvgIpc) is 3.29. The topological polar surface area (TPSA) is 110 Å². The van der Waals surface area contributed by atoms with Crippen LogP contribution in [0.15, 0.2) is 0 Å². The molecule has 1 aliphatic carbocycles. The van der Waals surface area contributed by atoms with E-state index in [-0.39, 0.29) is 23.8 Å². The fraction of sp³-hybridized carbons (Fsp3) is 0.882. The Kier molecular flexibility index (Phi) is 9.17. The fourth-order valence-corrected chi connectivity index (χ4v) is 3.24. The van der Waals surface area contributed by atoms with Crippen LogP contribution in [-0.2, 0) is 9.59 Å². The van der Waals surface area contributed by atoms with Gasteiger partial charge in [-0.1, -0.05) is 26.2 Å². The van der Waals surface area contributed by atoms with Gasteiger partial charge < -0.3 is 22.1 Å². The Labute approximate surface area is 140 Å². The summed E-state index contributed by atoms with van der Waals surface area (Å²) in [7, 11) is 1.81. The van der Waals surface area contributed by atoms with Crippen LogP contribution >= 0.6 is 0 Å². The van der Waals surface area contributed by atoms with Crippen LogP contribution in [-0.4, -0.2) is 38.0 Å². The molecule has 0 aliphatic heterocycles. The maximum absolute atomic E-state index is 12.2. The Bertz CT molecular complexity index is 376. The highest BCUT2D eigenvalue weighted by molar-refractivity contribution is 5.81. The van der Waals surface area contributed by atoms with Crippen molar-refractivity contribution in [3.8, 4) is 0 Å². The molecule has 23 heavy (non-hydrogen) atoms. The second-order valence-electron chi connectivity index (χ2n) is 6.68. The predicted octanol–water partition coefficient (Wildman–Crippen LogP) is 0.747. The zero-order valence-corrected chi connectivity index (χ0v) is 14.6. The standard InChI is InChI=1S/C17H34N4O2/c1-3-4-7-13(16(19)22)14-10-12(14)11-21-17(23)15(20-2)8-5-6-9-18/h12-15,20H,3-11,18H2,1-2H3,(H2,19,22)(H,21,23)/t12?,13-,14+,15+/m1/s1. The van der Waals surface area contributed by atoms with Crippen LogP contribution in [0.25, 0.3) is 0 Å². The van der Waals surface area contributed by atoms with Crippen molar-refractivity contribution >= 4 is 11.8 Å². The number of carbonyl (C=O) groups excluding carboxylic acids is 2. The van der Waals surface area contributed by atoms with Crippen molar-refractivity contribution in [2.24, 2.45) is 29.2 Å². The molecule has 1 aliphatic rings. The molecule has 2 amide bonds. The first-order valence-corrected chi connectivity index (χ1v) is 8.99. The summed E-state index contributed by atoms with van der Waals surface area (Å²) in [6.45, 7) is 3.42. The van der Waals surface area contributed by atoms with Crippen molar-refractivity contribution in [2.45, 2.75) is 57.9 Å². The molecule has 4 atom stereocenters. The van der Waals surface area contributed by atoms with Gasteiger partial charge in [0, 0.05) is 12.5 Å². The van der Waals surface area contributed by atoms with Crippen molar-refractivity contribution < 1.29 is 9.59 Å². The quantitative estimate of drug-likeness (QED) is 0.374. The third kappa shape index (κ3) is 6.87. The monoisotopic (exact) mass is 326 g/mol. The second-order valence-corrected chi connectivity index (χ2v) is 6.68. The van der Waals surface area contributed by atoms with Gasteiger partial charge in [-0.25, -0.2) is 0 Å². The van der Waals surface area contributed by atoms with E-state index in [1.807, 2.05) is 0 Å². The van der Waals surface area contributed by atoms with Crippen molar-refractivity contribution in [1.29, 1.82) is 0 Å². The van der Waals surface area contributed by atoms with E-state index in [0.29, 0.717) is 24.9 Å². The molecule has 1 unspecified atom stereocenters. The van der Waals surface area contributed by atoms with E-state index in [1.165, 1.54) is 0 Å². The Morgan fingerprint density at radius 1 is 1.22 bits per heavy atom. The number of nitrogens with two attached hydrogens (primary N) is 2. The molecule has 0 bridgehead atoms. The smallest absolute Gasteiger partial charge is 0.237 e. The molecule has 1 rings (SSSR count). The summed E-state index contributed by atoms with van der Waals surface area (Å²) in [6, 6.07) is -0.161.